The molecule has 2 aromatic rings. The molecule has 0 amide bonds. The third-order valence-electron chi connectivity index (χ3n) is 2.39. The fraction of sp³-hybridized carbons (Fsp3) is 0.400. The Balaban J connectivity index is 2.53. The normalized spacial score (nSPS) is 15.8. The summed E-state index contributed by atoms with van der Waals surface area (Å²) >= 11 is 0. The number of aromatic nitrogens is 2. The van der Waals surface area contributed by atoms with E-state index in [4.69, 9.17) is 10.2 Å². The molecule has 1 unspecified atom stereocenters. The molecule has 0 aliphatic carbocycles. The van der Waals surface area contributed by atoms with Crippen LogP contribution < -0.4 is 5.73 Å². The van der Waals surface area contributed by atoms with Gasteiger partial charge in [0.1, 0.15) is 0 Å². The van der Waals surface area contributed by atoms with Crippen molar-refractivity contribution in [2.75, 3.05) is 0 Å². The molecule has 5 nitrogen and oxygen atoms in total. The molecule has 0 radical (unpaired) electrons. The zero-order valence-corrected chi connectivity index (χ0v) is 8.64. The topological polar surface area (TPSA) is 85.2 Å². The molecular weight excluding hydrogens is 194 g/mol. The van der Waals surface area contributed by atoms with Gasteiger partial charge in [0.05, 0.1) is 0 Å². The maximum atomic E-state index is 9.96. The molecule has 0 aliphatic heterocycles. The summed E-state index contributed by atoms with van der Waals surface area (Å²) in [6.07, 6.45) is 1.61. The third kappa shape index (κ3) is 1.60. The standard InChI is InChI=1S/C10H13N3O2/c1-6(2)10(11,14)9-13-8-7(15-9)4-3-5-12-8/h3-6,14H,11H2,1-2H3. The molecule has 2 heterocycles. The quantitative estimate of drug-likeness (QED) is 0.717. The van der Waals surface area contributed by atoms with Gasteiger partial charge < -0.3 is 9.52 Å². The Morgan fingerprint density at radius 2 is 2.27 bits per heavy atom. The minimum Gasteiger partial charge on any atom is -0.434 e. The fourth-order valence-corrected chi connectivity index (χ4v) is 1.19. The summed E-state index contributed by atoms with van der Waals surface area (Å²) in [4.78, 5) is 8.06. The van der Waals surface area contributed by atoms with Crippen LogP contribution in [-0.4, -0.2) is 15.1 Å². The van der Waals surface area contributed by atoms with Crippen LogP contribution in [-0.2, 0) is 5.72 Å². The van der Waals surface area contributed by atoms with Gasteiger partial charge in [-0.3, -0.25) is 5.73 Å². The number of oxazole rings is 1. The zero-order chi connectivity index (χ0) is 11.1. The summed E-state index contributed by atoms with van der Waals surface area (Å²) in [5, 5.41) is 9.96. The van der Waals surface area contributed by atoms with Crippen LogP contribution in [0.25, 0.3) is 11.2 Å². The van der Waals surface area contributed by atoms with E-state index in [9.17, 15) is 5.11 Å². The average molecular weight is 207 g/mol. The first-order valence-corrected chi connectivity index (χ1v) is 4.75. The lowest BCUT2D eigenvalue weighted by Gasteiger charge is -2.22. The molecule has 2 aromatic heterocycles. The van der Waals surface area contributed by atoms with E-state index >= 15 is 0 Å². The number of hydrogen-bond acceptors (Lipinski definition) is 5. The average Bonchev–Trinajstić information content (AvgIpc) is 2.61. The minimum atomic E-state index is -1.55. The van der Waals surface area contributed by atoms with Crippen LogP contribution in [0.1, 0.15) is 19.7 Å². The predicted molar refractivity (Wildman–Crippen MR) is 54.7 cm³/mol. The van der Waals surface area contributed by atoms with Crippen molar-refractivity contribution >= 4 is 11.2 Å². The molecule has 0 bridgehead atoms. The van der Waals surface area contributed by atoms with E-state index in [0.717, 1.165) is 0 Å². The molecule has 5 heteroatoms. The number of rotatable bonds is 2. The minimum absolute atomic E-state index is 0.103. The van der Waals surface area contributed by atoms with Crippen LogP contribution in [0, 0.1) is 5.92 Å². The van der Waals surface area contributed by atoms with Crippen LogP contribution >= 0.6 is 0 Å². The number of fused-ring (bicyclic) bond motifs is 1. The summed E-state index contributed by atoms with van der Waals surface area (Å²) < 4.78 is 5.35. The smallest absolute Gasteiger partial charge is 0.244 e. The van der Waals surface area contributed by atoms with Crippen molar-refractivity contribution < 1.29 is 9.52 Å². The molecule has 0 saturated heterocycles. The SMILES string of the molecule is CC(C)C(N)(O)c1nc2ncccc2o1. The maximum absolute atomic E-state index is 9.96. The van der Waals surface area contributed by atoms with Gasteiger partial charge in [0.15, 0.2) is 17.0 Å². The number of hydrogen-bond donors (Lipinski definition) is 2. The zero-order valence-electron chi connectivity index (χ0n) is 8.64. The Bertz CT molecular complexity index is 443. The number of nitrogens with two attached hydrogens (primary N) is 1. The van der Waals surface area contributed by atoms with Gasteiger partial charge in [0.2, 0.25) is 5.89 Å². The van der Waals surface area contributed by atoms with Crippen molar-refractivity contribution in [2.45, 2.75) is 19.6 Å². The molecule has 15 heavy (non-hydrogen) atoms. The van der Waals surface area contributed by atoms with E-state index in [1.807, 2.05) is 0 Å². The van der Waals surface area contributed by atoms with Crippen LogP contribution in [0.2, 0.25) is 0 Å². The van der Waals surface area contributed by atoms with E-state index in [1.54, 1.807) is 32.2 Å². The van der Waals surface area contributed by atoms with Crippen molar-refractivity contribution in [3.8, 4) is 0 Å². The van der Waals surface area contributed by atoms with Gasteiger partial charge in [-0.25, -0.2) is 4.98 Å². The highest BCUT2D eigenvalue weighted by Gasteiger charge is 2.34. The van der Waals surface area contributed by atoms with E-state index in [2.05, 4.69) is 9.97 Å². The molecule has 0 spiro atoms. The highest BCUT2D eigenvalue weighted by Crippen LogP contribution is 2.25. The van der Waals surface area contributed by atoms with Crippen molar-refractivity contribution in [3.63, 3.8) is 0 Å². The Hall–Kier alpha value is -1.46. The van der Waals surface area contributed by atoms with Gasteiger partial charge in [-0.1, -0.05) is 13.8 Å². The van der Waals surface area contributed by atoms with E-state index < -0.39 is 5.72 Å². The first-order chi connectivity index (χ1) is 7.01. The van der Waals surface area contributed by atoms with Gasteiger partial charge in [0, 0.05) is 12.1 Å². The van der Waals surface area contributed by atoms with Gasteiger partial charge in [-0.2, -0.15) is 4.98 Å². The van der Waals surface area contributed by atoms with Gasteiger partial charge in [0.25, 0.3) is 0 Å². The van der Waals surface area contributed by atoms with Gasteiger partial charge in [-0.05, 0) is 12.1 Å². The monoisotopic (exact) mass is 207 g/mol. The molecule has 0 fully saturated rings. The van der Waals surface area contributed by atoms with E-state index in [-0.39, 0.29) is 11.8 Å². The first kappa shape index (κ1) is 10.1. The predicted octanol–water partition coefficient (Wildman–Crippen LogP) is 0.983. The van der Waals surface area contributed by atoms with Crippen molar-refractivity contribution in [1.29, 1.82) is 0 Å². The fourth-order valence-electron chi connectivity index (χ4n) is 1.19. The lowest BCUT2D eigenvalue weighted by molar-refractivity contribution is -0.0272. The van der Waals surface area contributed by atoms with Crippen molar-refractivity contribution in [3.05, 3.63) is 24.2 Å². The molecular formula is C10H13N3O2. The summed E-state index contributed by atoms with van der Waals surface area (Å²) in [6.45, 7) is 3.59. The lowest BCUT2D eigenvalue weighted by Crippen LogP contribution is -2.41. The first-order valence-electron chi connectivity index (χ1n) is 4.75. The molecule has 2 rings (SSSR count). The van der Waals surface area contributed by atoms with Crippen LogP contribution in [0.4, 0.5) is 0 Å². The second-order valence-electron chi connectivity index (χ2n) is 3.82. The highest BCUT2D eigenvalue weighted by molar-refractivity contribution is 5.67. The summed E-state index contributed by atoms with van der Waals surface area (Å²) in [7, 11) is 0. The Morgan fingerprint density at radius 3 is 2.87 bits per heavy atom. The van der Waals surface area contributed by atoms with Crippen LogP contribution in [0.5, 0.6) is 0 Å². The lowest BCUT2D eigenvalue weighted by atomic mass is 10.0. The number of pyridine rings is 1. The van der Waals surface area contributed by atoms with Crippen molar-refractivity contribution in [2.24, 2.45) is 11.7 Å². The number of aliphatic hydroxyl groups is 1. The second-order valence-corrected chi connectivity index (χ2v) is 3.82. The second kappa shape index (κ2) is 3.29. The summed E-state index contributed by atoms with van der Waals surface area (Å²) in [5.41, 5.74) is 5.14. The Labute approximate surface area is 86.9 Å². The largest absolute Gasteiger partial charge is 0.434 e. The molecule has 0 saturated carbocycles. The molecule has 0 aromatic carbocycles. The third-order valence-corrected chi connectivity index (χ3v) is 2.39. The molecule has 3 N–H and O–H groups in total. The van der Waals surface area contributed by atoms with Gasteiger partial charge >= 0.3 is 0 Å². The summed E-state index contributed by atoms with van der Waals surface area (Å²) in [6, 6.07) is 3.47. The summed E-state index contributed by atoms with van der Waals surface area (Å²) in [5.74, 6) is -0.0863. The maximum Gasteiger partial charge on any atom is 0.244 e. The van der Waals surface area contributed by atoms with E-state index in [1.165, 1.54) is 0 Å². The van der Waals surface area contributed by atoms with Crippen LogP contribution in [0.15, 0.2) is 22.7 Å². The Morgan fingerprint density at radius 1 is 1.53 bits per heavy atom. The molecule has 1 atom stereocenters. The van der Waals surface area contributed by atoms with Crippen LogP contribution in [0.3, 0.4) is 0 Å². The van der Waals surface area contributed by atoms with E-state index in [0.29, 0.717) is 11.2 Å². The molecule has 80 valence electrons. The molecule has 0 aliphatic rings. The Kier molecular flexibility index (Phi) is 2.21. The van der Waals surface area contributed by atoms with Gasteiger partial charge in [-0.15, -0.1) is 0 Å². The highest BCUT2D eigenvalue weighted by atomic mass is 16.4. The number of nitrogens with zero attached hydrogens (tertiary/aromatic N) is 2. The van der Waals surface area contributed by atoms with Crippen molar-refractivity contribution in [1.82, 2.24) is 9.97 Å².